The molecular formula is C29H27F3N4O4. The van der Waals surface area contributed by atoms with Gasteiger partial charge in [-0.3, -0.25) is 24.4 Å². The number of nitrogens with one attached hydrogen (secondary N) is 1. The normalized spacial score (nSPS) is 17.5. The number of carbonyl (C=O) groups is 3. The van der Waals surface area contributed by atoms with E-state index in [1.165, 1.54) is 11.0 Å². The predicted octanol–water partition coefficient (Wildman–Crippen LogP) is 5.85. The van der Waals surface area contributed by atoms with Crippen LogP contribution in [-0.4, -0.2) is 46.6 Å². The van der Waals surface area contributed by atoms with Gasteiger partial charge in [-0.05, 0) is 55.3 Å². The summed E-state index contributed by atoms with van der Waals surface area (Å²) < 4.78 is 44.8. The number of pyridine rings is 1. The number of benzene rings is 2. The van der Waals surface area contributed by atoms with E-state index < -0.39 is 35.4 Å². The van der Waals surface area contributed by atoms with Crippen LogP contribution < -0.4 is 10.2 Å². The number of urea groups is 1. The van der Waals surface area contributed by atoms with Crippen LogP contribution in [0, 0.1) is 0 Å². The number of rotatable bonds is 7. The van der Waals surface area contributed by atoms with Crippen molar-refractivity contribution >= 4 is 29.8 Å². The van der Waals surface area contributed by atoms with E-state index in [2.05, 4.69) is 10.3 Å². The SMILES string of the molecule is O=COC(C(=O)Nc1cccc(C(F)(F)F)c1)N1C(=O)N(c2ccc(-c3ccccn3)cc2)CC12CCCCC2. The Hall–Kier alpha value is -4.41. The second-order valence-electron chi connectivity index (χ2n) is 9.94. The van der Waals surface area contributed by atoms with Gasteiger partial charge in [0.25, 0.3) is 18.6 Å². The second-order valence-corrected chi connectivity index (χ2v) is 9.94. The van der Waals surface area contributed by atoms with E-state index in [1.807, 2.05) is 30.3 Å². The molecule has 1 aliphatic heterocycles. The number of halogens is 3. The summed E-state index contributed by atoms with van der Waals surface area (Å²) in [7, 11) is 0. The Kier molecular flexibility index (Phi) is 7.46. The van der Waals surface area contributed by atoms with Gasteiger partial charge in [0.15, 0.2) is 0 Å². The molecule has 1 saturated carbocycles. The van der Waals surface area contributed by atoms with Gasteiger partial charge in [0.2, 0.25) is 0 Å². The number of ether oxygens (including phenoxy) is 1. The van der Waals surface area contributed by atoms with Gasteiger partial charge >= 0.3 is 12.2 Å². The smallest absolute Gasteiger partial charge is 0.416 e. The molecule has 2 fully saturated rings. The van der Waals surface area contributed by atoms with E-state index in [4.69, 9.17) is 4.74 Å². The first-order valence-electron chi connectivity index (χ1n) is 12.9. The van der Waals surface area contributed by atoms with Crippen molar-refractivity contribution in [3.05, 3.63) is 78.5 Å². The molecular weight excluding hydrogens is 525 g/mol. The highest BCUT2D eigenvalue weighted by atomic mass is 19.4. The first-order chi connectivity index (χ1) is 19.2. The monoisotopic (exact) mass is 552 g/mol. The van der Waals surface area contributed by atoms with E-state index in [0.29, 0.717) is 18.5 Å². The van der Waals surface area contributed by atoms with Crippen LogP contribution in [0.25, 0.3) is 11.3 Å². The van der Waals surface area contributed by atoms with Gasteiger partial charge in [-0.15, -0.1) is 0 Å². The number of amides is 3. The first kappa shape index (κ1) is 27.2. The Morgan fingerprint density at radius 1 is 1.02 bits per heavy atom. The van der Waals surface area contributed by atoms with Gasteiger partial charge in [-0.2, -0.15) is 13.2 Å². The first-order valence-corrected chi connectivity index (χ1v) is 12.9. The van der Waals surface area contributed by atoms with Crippen molar-refractivity contribution < 1.29 is 32.3 Å². The zero-order valence-corrected chi connectivity index (χ0v) is 21.4. The molecule has 40 heavy (non-hydrogen) atoms. The molecule has 1 saturated heterocycles. The van der Waals surface area contributed by atoms with Gasteiger partial charge in [0, 0.05) is 23.1 Å². The third kappa shape index (κ3) is 5.36. The van der Waals surface area contributed by atoms with Crippen molar-refractivity contribution in [2.75, 3.05) is 16.8 Å². The highest BCUT2D eigenvalue weighted by Crippen LogP contribution is 2.43. The molecule has 0 bridgehead atoms. The summed E-state index contributed by atoms with van der Waals surface area (Å²) in [6, 6.07) is 16.4. The van der Waals surface area contributed by atoms with E-state index in [1.54, 1.807) is 23.2 Å². The lowest BCUT2D eigenvalue weighted by molar-refractivity contribution is -0.155. The summed E-state index contributed by atoms with van der Waals surface area (Å²) in [6.45, 7) is 0.342. The lowest BCUT2D eigenvalue weighted by Crippen LogP contribution is -2.58. The highest BCUT2D eigenvalue weighted by Gasteiger charge is 2.55. The Bertz CT molecular complexity index is 1380. The van der Waals surface area contributed by atoms with Crippen LogP contribution in [0.2, 0.25) is 0 Å². The van der Waals surface area contributed by atoms with Crippen molar-refractivity contribution in [3.8, 4) is 11.3 Å². The van der Waals surface area contributed by atoms with Crippen molar-refractivity contribution in [1.29, 1.82) is 0 Å². The van der Waals surface area contributed by atoms with Crippen LogP contribution in [0.1, 0.15) is 37.7 Å². The molecule has 1 unspecified atom stereocenters. The standard InChI is InChI=1S/C29H27F3N4O4/c30-29(31,32)21-7-6-8-22(17-21)34-25(38)26(40-19-37)36-27(39)35(18-28(36)14-3-1-4-15-28)23-12-10-20(11-13-23)24-9-2-5-16-33-24/h2,5-13,16-17,19,26H,1,3-4,14-15,18H2,(H,34,38). The predicted molar refractivity (Wildman–Crippen MR) is 141 cm³/mol. The number of aromatic nitrogens is 1. The zero-order valence-electron chi connectivity index (χ0n) is 21.4. The third-order valence-corrected chi connectivity index (χ3v) is 7.43. The molecule has 3 aromatic rings. The van der Waals surface area contributed by atoms with Crippen LogP contribution in [-0.2, 0) is 20.5 Å². The number of hydrogen-bond acceptors (Lipinski definition) is 5. The zero-order chi connectivity index (χ0) is 28.3. The Labute approximate surface area is 228 Å². The van der Waals surface area contributed by atoms with Crippen LogP contribution in [0.15, 0.2) is 72.9 Å². The minimum atomic E-state index is -4.61. The Morgan fingerprint density at radius 2 is 1.77 bits per heavy atom. The van der Waals surface area contributed by atoms with Gasteiger partial charge in [-0.1, -0.05) is 43.5 Å². The molecule has 2 aromatic carbocycles. The fourth-order valence-corrected chi connectivity index (χ4v) is 5.55. The van der Waals surface area contributed by atoms with Crippen LogP contribution in [0.5, 0.6) is 0 Å². The quantitative estimate of drug-likeness (QED) is 0.372. The summed E-state index contributed by atoms with van der Waals surface area (Å²) in [5.74, 6) is -0.919. The maximum Gasteiger partial charge on any atom is 0.416 e. The van der Waals surface area contributed by atoms with Crippen LogP contribution in [0.3, 0.4) is 0 Å². The summed E-state index contributed by atoms with van der Waals surface area (Å²) in [5.41, 5.74) is 0.361. The Balaban J connectivity index is 1.44. The maximum atomic E-state index is 13.9. The van der Waals surface area contributed by atoms with Gasteiger partial charge < -0.3 is 10.1 Å². The fourth-order valence-electron chi connectivity index (χ4n) is 5.55. The average Bonchev–Trinajstić information content (AvgIpc) is 3.23. The molecule has 1 N–H and O–H groups in total. The third-order valence-electron chi connectivity index (χ3n) is 7.43. The highest BCUT2D eigenvalue weighted by molar-refractivity contribution is 6.02. The Morgan fingerprint density at radius 3 is 2.42 bits per heavy atom. The van der Waals surface area contributed by atoms with E-state index in [9.17, 15) is 27.6 Å². The lowest BCUT2D eigenvalue weighted by Gasteiger charge is -2.42. The second kappa shape index (κ2) is 11.0. The number of nitrogens with zero attached hydrogens (tertiary/aromatic N) is 3. The van der Waals surface area contributed by atoms with E-state index in [0.717, 1.165) is 48.7 Å². The molecule has 208 valence electrons. The minimum absolute atomic E-state index is 0.0739. The molecule has 1 atom stereocenters. The summed E-state index contributed by atoms with van der Waals surface area (Å²) in [6.07, 6.45) is -0.862. The maximum absolute atomic E-state index is 13.9. The number of anilines is 2. The van der Waals surface area contributed by atoms with Crippen LogP contribution in [0.4, 0.5) is 29.3 Å². The molecule has 0 radical (unpaired) electrons. The molecule has 5 rings (SSSR count). The van der Waals surface area contributed by atoms with Crippen molar-refractivity contribution in [2.24, 2.45) is 0 Å². The van der Waals surface area contributed by atoms with Crippen molar-refractivity contribution in [1.82, 2.24) is 9.88 Å². The molecule has 8 nitrogen and oxygen atoms in total. The van der Waals surface area contributed by atoms with Gasteiger partial charge in [-0.25, -0.2) is 4.79 Å². The molecule has 2 aliphatic rings. The van der Waals surface area contributed by atoms with E-state index in [-0.39, 0.29) is 18.7 Å². The lowest BCUT2D eigenvalue weighted by atomic mass is 9.81. The summed E-state index contributed by atoms with van der Waals surface area (Å²) in [4.78, 5) is 46.0. The molecule has 11 heteroatoms. The van der Waals surface area contributed by atoms with Gasteiger partial charge in [0.1, 0.15) is 0 Å². The average molecular weight is 553 g/mol. The minimum Gasteiger partial charge on any atom is -0.434 e. The molecule has 1 spiro atoms. The summed E-state index contributed by atoms with van der Waals surface area (Å²) in [5, 5.41) is 2.40. The van der Waals surface area contributed by atoms with Crippen molar-refractivity contribution in [3.63, 3.8) is 0 Å². The van der Waals surface area contributed by atoms with Crippen LogP contribution >= 0.6 is 0 Å². The molecule has 1 aromatic heterocycles. The molecule has 1 aliphatic carbocycles. The molecule has 2 heterocycles. The van der Waals surface area contributed by atoms with Crippen molar-refractivity contribution in [2.45, 2.75) is 50.0 Å². The van der Waals surface area contributed by atoms with Gasteiger partial charge in [0.05, 0.1) is 23.3 Å². The molecule has 3 amide bonds. The fraction of sp³-hybridized carbons (Fsp3) is 0.310. The number of alkyl halides is 3. The summed E-state index contributed by atoms with van der Waals surface area (Å²) >= 11 is 0. The number of hydrogen-bond donors (Lipinski definition) is 1. The van der Waals surface area contributed by atoms with E-state index >= 15 is 0 Å². The number of carbonyl (C=O) groups excluding carboxylic acids is 3. The topological polar surface area (TPSA) is 91.8 Å². The largest absolute Gasteiger partial charge is 0.434 e.